The molecule has 0 aliphatic carbocycles. The molecule has 7 heteroatoms. The second-order valence-corrected chi connectivity index (χ2v) is 9.07. The summed E-state index contributed by atoms with van der Waals surface area (Å²) in [4.78, 5) is 24.2. The van der Waals surface area contributed by atoms with Crippen LogP contribution in [0.5, 0.6) is 0 Å². The summed E-state index contributed by atoms with van der Waals surface area (Å²) in [6.07, 6.45) is 6.45. The highest BCUT2D eigenvalue weighted by Crippen LogP contribution is 2.30. The van der Waals surface area contributed by atoms with Crippen LogP contribution >= 0.6 is 0 Å². The van der Waals surface area contributed by atoms with Crippen molar-refractivity contribution in [2.24, 2.45) is 0 Å². The van der Waals surface area contributed by atoms with Crippen molar-refractivity contribution in [3.05, 3.63) is 24.5 Å². The molecule has 0 radical (unpaired) electrons. The van der Waals surface area contributed by atoms with Gasteiger partial charge < -0.3 is 24.1 Å². The van der Waals surface area contributed by atoms with Gasteiger partial charge in [-0.25, -0.2) is 0 Å². The van der Waals surface area contributed by atoms with E-state index in [1.807, 2.05) is 59.1 Å². The van der Waals surface area contributed by atoms with Gasteiger partial charge in [0.25, 0.3) is 0 Å². The second kappa shape index (κ2) is 10.3. The maximum Gasteiger partial charge on any atom is 0.308 e. The van der Waals surface area contributed by atoms with Crippen molar-refractivity contribution < 1.29 is 23.8 Å². The van der Waals surface area contributed by atoms with E-state index in [1.165, 1.54) is 0 Å². The summed E-state index contributed by atoms with van der Waals surface area (Å²) >= 11 is 0. The van der Waals surface area contributed by atoms with E-state index in [9.17, 15) is 9.59 Å². The van der Waals surface area contributed by atoms with Crippen molar-refractivity contribution in [2.45, 2.75) is 96.9 Å². The number of nitrogens with one attached hydrogen (secondary N) is 1. The van der Waals surface area contributed by atoms with Crippen molar-refractivity contribution in [2.75, 3.05) is 6.54 Å². The van der Waals surface area contributed by atoms with Crippen LogP contribution in [0, 0.1) is 0 Å². The summed E-state index contributed by atoms with van der Waals surface area (Å²) in [6, 6.07) is 3.96. The lowest BCUT2D eigenvalue weighted by molar-refractivity contribution is -0.300. The van der Waals surface area contributed by atoms with E-state index in [2.05, 4.69) is 9.88 Å². The van der Waals surface area contributed by atoms with Crippen LogP contribution in [0.1, 0.15) is 66.7 Å². The molecule has 2 heterocycles. The van der Waals surface area contributed by atoms with Gasteiger partial charge in [-0.05, 0) is 59.6 Å². The number of rotatable bonds is 9. The highest BCUT2D eigenvalue weighted by atomic mass is 16.7. The maximum atomic E-state index is 12.1. The number of carbonyl (C=O) groups excluding carboxylic acids is 2. The van der Waals surface area contributed by atoms with Crippen molar-refractivity contribution in [1.29, 1.82) is 0 Å². The van der Waals surface area contributed by atoms with Crippen LogP contribution in [-0.4, -0.2) is 46.6 Å². The van der Waals surface area contributed by atoms with Crippen LogP contribution in [0.2, 0.25) is 0 Å². The van der Waals surface area contributed by atoms with E-state index in [-0.39, 0.29) is 30.5 Å². The average molecular weight is 409 g/mol. The molecule has 2 rings (SSSR count). The predicted octanol–water partition coefficient (Wildman–Crippen LogP) is 3.42. The Labute approximate surface area is 174 Å². The normalized spacial score (nSPS) is 21.6. The number of hydrogen-bond donors (Lipinski definition) is 1. The lowest BCUT2D eigenvalue weighted by Gasteiger charge is -2.40. The lowest BCUT2D eigenvalue weighted by Crippen LogP contribution is -2.46. The molecule has 1 saturated heterocycles. The Hall–Kier alpha value is -1.86. The Bertz CT molecular complexity index is 649. The number of carbonyl (C=O) groups is 2. The minimum atomic E-state index is -0.767. The van der Waals surface area contributed by atoms with Crippen LogP contribution in [0.25, 0.3) is 0 Å². The first kappa shape index (κ1) is 23.4. The third kappa shape index (κ3) is 9.45. The van der Waals surface area contributed by atoms with E-state index in [4.69, 9.17) is 14.2 Å². The largest absolute Gasteiger partial charge is 0.460 e. The Morgan fingerprint density at radius 1 is 1.17 bits per heavy atom. The first-order chi connectivity index (χ1) is 13.5. The molecule has 1 fully saturated rings. The van der Waals surface area contributed by atoms with Crippen molar-refractivity contribution >= 4 is 11.9 Å². The van der Waals surface area contributed by atoms with Gasteiger partial charge >= 0.3 is 5.97 Å². The molecule has 0 bridgehead atoms. The van der Waals surface area contributed by atoms with Crippen LogP contribution in [0.15, 0.2) is 24.5 Å². The van der Waals surface area contributed by atoms with Crippen LogP contribution in [-0.2, 0) is 30.3 Å². The summed E-state index contributed by atoms with van der Waals surface area (Å²) in [6.45, 7) is 10.6. The minimum absolute atomic E-state index is 0.0498. The monoisotopic (exact) mass is 408 g/mol. The highest BCUT2D eigenvalue weighted by Gasteiger charge is 2.36. The Morgan fingerprint density at radius 2 is 1.83 bits per heavy atom. The Balaban J connectivity index is 1.70. The molecule has 1 amide bonds. The van der Waals surface area contributed by atoms with Gasteiger partial charge in [-0.1, -0.05) is 0 Å². The smallest absolute Gasteiger partial charge is 0.308 e. The fourth-order valence-electron chi connectivity index (χ4n) is 3.49. The number of ether oxygens (including phenoxy) is 3. The number of aryl methyl sites for hydroxylation is 1. The first-order valence-corrected chi connectivity index (χ1v) is 10.5. The molecule has 0 spiro atoms. The van der Waals surface area contributed by atoms with Crippen molar-refractivity contribution in [3.63, 3.8) is 0 Å². The van der Waals surface area contributed by atoms with Gasteiger partial charge in [0.05, 0.1) is 18.6 Å². The van der Waals surface area contributed by atoms with Crippen molar-refractivity contribution in [3.8, 4) is 0 Å². The maximum absolute atomic E-state index is 12.1. The molecule has 1 N–H and O–H groups in total. The molecule has 0 aromatic carbocycles. The molecule has 1 aliphatic heterocycles. The molecule has 1 aromatic heterocycles. The molecule has 2 atom stereocenters. The summed E-state index contributed by atoms with van der Waals surface area (Å²) in [5.74, 6) is -0.986. The zero-order valence-electron chi connectivity index (χ0n) is 18.4. The fraction of sp³-hybridized carbons (Fsp3) is 0.727. The van der Waals surface area contributed by atoms with Crippen LogP contribution in [0.3, 0.4) is 0 Å². The number of nitrogens with zero attached hydrogens (tertiary/aromatic N) is 1. The summed E-state index contributed by atoms with van der Waals surface area (Å²) < 4.78 is 19.3. The summed E-state index contributed by atoms with van der Waals surface area (Å²) in [5.41, 5.74) is -0.511. The van der Waals surface area contributed by atoms with E-state index in [0.717, 1.165) is 13.0 Å². The lowest BCUT2D eigenvalue weighted by atomic mass is 10.0. The van der Waals surface area contributed by atoms with Gasteiger partial charge in [0.15, 0.2) is 5.79 Å². The number of hydrogen-bond acceptors (Lipinski definition) is 5. The predicted molar refractivity (Wildman–Crippen MR) is 110 cm³/mol. The molecule has 2 unspecified atom stereocenters. The van der Waals surface area contributed by atoms with Gasteiger partial charge in [-0.15, -0.1) is 0 Å². The zero-order valence-corrected chi connectivity index (χ0v) is 18.4. The van der Waals surface area contributed by atoms with Crippen molar-refractivity contribution in [1.82, 2.24) is 9.88 Å². The topological polar surface area (TPSA) is 78.8 Å². The van der Waals surface area contributed by atoms with E-state index in [0.29, 0.717) is 25.8 Å². The van der Waals surface area contributed by atoms with Gasteiger partial charge in [-0.3, -0.25) is 9.59 Å². The third-order valence-electron chi connectivity index (χ3n) is 4.52. The first-order valence-electron chi connectivity index (χ1n) is 10.5. The molecule has 164 valence electrons. The molecule has 7 nitrogen and oxygen atoms in total. The standard InChI is InChI=1S/C22H36N2O5/c1-21(2,3)29-20(26)16-18-15-17(27-22(4,5)28-18)10-11-23-19(25)9-8-14-24-12-6-7-13-24/h6-7,12-13,17-18H,8-11,14-16H2,1-5H3,(H,23,25). The number of aromatic nitrogens is 1. The fourth-order valence-corrected chi connectivity index (χ4v) is 3.49. The molecule has 1 aliphatic rings. The third-order valence-corrected chi connectivity index (χ3v) is 4.52. The molecular formula is C22H36N2O5. The highest BCUT2D eigenvalue weighted by molar-refractivity contribution is 5.75. The minimum Gasteiger partial charge on any atom is -0.460 e. The van der Waals surface area contributed by atoms with E-state index >= 15 is 0 Å². The SMILES string of the molecule is CC(C)(C)OC(=O)CC1CC(CCNC(=O)CCCn2cccc2)OC(C)(C)O1. The summed E-state index contributed by atoms with van der Waals surface area (Å²) in [5, 5.41) is 2.96. The van der Waals surface area contributed by atoms with Crippen LogP contribution < -0.4 is 5.32 Å². The van der Waals surface area contributed by atoms with Crippen LogP contribution in [0.4, 0.5) is 0 Å². The molecule has 0 saturated carbocycles. The zero-order chi connectivity index (χ0) is 21.5. The Morgan fingerprint density at radius 3 is 2.48 bits per heavy atom. The van der Waals surface area contributed by atoms with E-state index in [1.54, 1.807) is 0 Å². The molecule has 29 heavy (non-hydrogen) atoms. The average Bonchev–Trinajstić information content (AvgIpc) is 3.04. The molecular weight excluding hydrogens is 372 g/mol. The second-order valence-electron chi connectivity index (χ2n) is 9.07. The van der Waals surface area contributed by atoms with Gasteiger partial charge in [0.2, 0.25) is 5.91 Å². The quantitative estimate of drug-likeness (QED) is 0.634. The number of amides is 1. The molecule has 1 aromatic rings. The van der Waals surface area contributed by atoms with Gasteiger partial charge in [-0.2, -0.15) is 0 Å². The van der Waals surface area contributed by atoms with Gasteiger partial charge in [0, 0.05) is 38.3 Å². The Kier molecular flexibility index (Phi) is 8.28. The summed E-state index contributed by atoms with van der Waals surface area (Å²) in [7, 11) is 0. The number of esters is 1. The van der Waals surface area contributed by atoms with Gasteiger partial charge in [0.1, 0.15) is 5.60 Å². The van der Waals surface area contributed by atoms with E-state index < -0.39 is 11.4 Å².